The molecule has 0 unspecified atom stereocenters. The fraction of sp³-hybridized carbons (Fsp3) is 0.600. The van der Waals surface area contributed by atoms with Crippen LogP contribution in [0.15, 0.2) is 11.1 Å². The number of Topliss-reactive ketones (excluding diaryl/α,β-unsaturated/α-hetero) is 1. The summed E-state index contributed by atoms with van der Waals surface area (Å²) in [6.45, 7) is 0. The Kier molecular flexibility index (Phi) is 6.75. The molecule has 0 N–H and O–H groups in total. The van der Waals surface area contributed by atoms with Gasteiger partial charge >= 0.3 is 17.9 Å². The van der Waals surface area contributed by atoms with E-state index in [1.165, 1.54) is 7.11 Å². The average Bonchev–Trinajstić information content (AvgIpc) is 2.61. The SMILES string of the molecule is COC(=O)/C1=C(\C(=O)OC)[C@@H](C(=O)OC)C(=O)CCCCC1. The quantitative estimate of drug-likeness (QED) is 0.435. The molecule has 0 radical (unpaired) electrons. The van der Waals surface area contributed by atoms with Gasteiger partial charge in [-0.1, -0.05) is 6.42 Å². The second-order valence-electron chi connectivity index (χ2n) is 4.86. The van der Waals surface area contributed by atoms with Crippen molar-refractivity contribution in [3.8, 4) is 0 Å². The first-order valence-electron chi connectivity index (χ1n) is 6.98. The summed E-state index contributed by atoms with van der Waals surface area (Å²) in [6.07, 6.45) is 2.25. The highest BCUT2D eigenvalue weighted by Crippen LogP contribution is 2.28. The number of hydrogen-bond donors (Lipinski definition) is 0. The summed E-state index contributed by atoms with van der Waals surface area (Å²) < 4.78 is 14.0. The van der Waals surface area contributed by atoms with Crippen LogP contribution in [0.5, 0.6) is 0 Å². The normalized spacial score (nSPS) is 22.9. The lowest BCUT2D eigenvalue weighted by Gasteiger charge is -2.18. The zero-order valence-corrected chi connectivity index (χ0v) is 13.0. The van der Waals surface area contributed by atoms with Crippen molar-refractivity contribution in [2.75, 3.05) is 21.3 Å². The molecule has 0 spiro atoms. The van der Waals surface area contributed by atoms with Crippen LogP contribution < -0.4 is 0 Å². The average molecular weight is 312 g/mol. The van der Waals surface area contributed by atoms with Gasteiger partial charge in [0.25, 0.3) is 0 Å². The molecule has 1 rings (SSSR count). The molecule has 0 aromatic carbocycles. The van der Waals surface area contributed by atoms with Gasteiger partial charge in [0.05, 0.1) is 26.9 Å². The van der Waals surface area contributed by atoms with Crippen LogP contribution in [0.3, 0.4) is 0 Å². The second kappa shape index (κ2) is 8.31. The number of rotatable bonds is 3. The van der Waals surface area contributed by atoms with Crippen molar-refractivity contribution in [2.24, 2.45) is 5.92 Å². The molecule has 0 saturated heterocycles. The van der Waals surface area contributed by atoms with Gasteiger partial charge in [-0.15, -0.1) is 0 Å². The van der Waals surface area contributed by atoms with E-state index in [1.807, 2.05) is 0 Å². The topological polar surface area (TPSA) is 96.0 Å². The van der Waals surface area contributed by atoms with Gasteiger partial charge < -0.3 is 14.2 Å². The van der Waals surface area contributed by atoms with Crippen LogP contribution in [-0.2, 0) is 33.4 Å². The standard InChI is InChI=1S/C15H20O7/c1-20-13(17)9-7-5-4-6-8-10(16)12(15(19)22-3)11(9)14(18)21-2/h12H,4-8H2,1-3H3/b11-9-/t12-/m0/s1. The third-order valence-electron chi connectivity index (χ3n) is 3.56. The molecule has 0 aromatic rings. The third kappa shape index (κ3) is 3.93. The molecule has 0 aliphatic heterocycles. The monoisotopic (exact) mass is 312 g/mol. The zero-order chi connectivity index (χ0) is 16.7. The maximum Gasteiger partial charge on any atom is 0.335 e. The summed E-state index contributed by atoms with van der Waals surface area (Å²) in [5.74, 6) is -4.44. The Labute approximate surface area is 128 Å². The first kappa shape index (κ1) is 17.9. The highest BCUT2D eigenvalue weighted by molar-refractivity contribution is 6.13. The van der Waals surface area contributed by atoms with Crippen LogP contribution in [0.25, 0.3) is 0 Å². The maximum absolute atomic E-state index is 12.3. The fourth-order valence-corrected chi connectivity index (χ4v) is 2.45. The number of ether oxygens (including phenoxy) is 3. The van der Waals surface area contributed by atoms with Crippen molar-refractivity contribution in [2.45, 2.75) is 32.1 Å². The Balaban J connectivity index is 3.53. The maximum atomic E-state index is 12.3. The summed E-state index contributed by atoms with van der Waals surface area (Å²) in [7, 11) is 3.41. The molecular formula is C15H20O7. The van der Waals surface area contributed by atoms with E-state index in [-0.39, 0.29) is 24.0 Å². The molecule has 7 nitrogen and oxygen atoms in total. The van der Waals surface area contributed by atoms with Gasteiger partial charge in [-0.3, -0.25) is 9.59 Å². The molecule has 0 amide bonds. The van der Waals surface area contributed by atoms with Crippen LogP contribution in [0.4, 0.5) is 0 Å². The van der Waals surface area contributed by atoms with Gasteiger partial charge in [-0.2, -0.15) is 0 Å². The largest absolute Gasteiger partial charge is 0.468 e. The van der Waals surface area contributed by atoms with E-state index >= 15 is 0 Å². The summed E-state index contributed by atoms with van der Waals surface area (Å²) in [6, 6.07) is 0. The van der Waals surface area contributed by atoms with Gasteiger partial charge in [0, 0.05) is 12.0 Å². The Morgan fingerprint density at radius 1 is 0.864 bits per heavy atom. The minimum absolute atomic E-state index is 0.000000000000000222. The first-order valence-corrected chi connectivity index (χ1v) is 6.98. The van der Waals surface area contributed by atoms with E-state index in [9.17, 15) is 19.2 Å². The second-order valence-corrected chi connectivity index (χ2v) is 4.86. The number of carbonyl (C=O) groups is 4. The van der Waals surface area contributed by atoms with Crippen LogP contribution >= 0.6 is 0 Å². The highest BCUT2D eigenvalue weighted by Gasteiger charge is 2.39. The molecule has 122 valence electrons. The lowest BCUT2D eigenvalue weighted by molar-refractivity contribution is -0.151. The summed E-state index contributed by atoms with van der Waals surface area (Å²) >= 11 is 0. The number of methoxy groups -OCH3 is 3. The minimum Gasteiger partial charge on any atom is -0.468 e. The smallest absolute Gasteiger partial charge is 0.335 e. The van der Waals surface area contributed by atoms with Gasteiger partial charge in [0.15, 0.2) is 5.78 Å². The predicted molar refractivity (Wildman–Crippen MR) is 74.7 cm³/mol. The third-order valence-corrected chi connectivity index (χ3v) is 3.56. The molecule has 22 heavy (non-hydrogen) atoms. The molecular weight excluding hydrogens is 292 g/mol. The van der Waals surface area contributed by atoms with Crippen LogP contribution in [0.1, 0.15) is 32.1 Å². The number of hydrogen-bond acceptors (Lipinski definition) is 7. The molecule has 1 aliphatic rings. The van der Waals surface area contributed by atoms with Crippen LogP contribution in [-0.4, -0.2) is 45.0 Å². The van der Waals surface area contributed by atoms with Crippen molar-refractivity contribution in [3.63, 3.8) is 0 Å². The van der Waals surface area contributed by atoms with Crippen molar-refractivity contribution in [1.29, 1.82) is 0 Å². The van der Waals surface area contributed by atoms with Crippen molar-refractivity contribution in [1.82, 2.24) is 0 Å². The lowest BCUT2D eigenvalue weighted by atomic mass is 9.88. The molecule has 0 heterocycles. The van der Waals surface area contributed by atoms with E-state index in [0.29, 0.717) is 19.3 Å². The molecule has 0 aromatic heterocycles. The van der Waals surface area contributed by atoms with Gasteiger partial charge in [-0.25, -0.2) is 9.59 Å². The van der Waals surface area contributed by atoms with Crippen molar-refractivity contribution in [3.05, 3.63) is 11.1 Å². The minimum atomic E-state index is -1.45. The van der Waals surface area contributed by atoms with Crippen LogP contribution in [0, 0.1) is 5.92 Å². The molecule has 1 atom stereocenters. The zero-order valence-electron chi connectivity index (χ0n) is 13.0. The van der Waals surface area contributed by atoms with Crippen molar-refractivity contribution >= 4 is 23.7 Å². The predicted octanol–water partition coefficient (Wildman–Crippen LogP) is 0.951. The molecule has 0 saturated carbocycles. The highest BCUT2D eigenvalue weighted by atomic mass is 16.5. The number of carbonyl (C=O) groups excluding carboxylic acids is 4. The Morgan fingerprint density at radius 3 is 2.00 bits per heavy atom. The fourth-order valence-electron chi connectivity index (χ4n) is 2.45. The lowest BCUT2D eigenvalue weighted by Crippen LogP contribution is -2.33. The van der Waals surface area contributed by atoms with Gasteiger partial charge in [0.2, 0.25) is 0 Å². The Morgan fingerprint density at radius 2 is 1.45 bits per heavy atom. The van der Waals surface area contributed by atoms with E-state index in [0.717, 1.165) is 14.2 Å². The number of ketones is 1. The summed E-state index contributed by atoms with van der Waals surface area (Å²) in [5, 5.41) is 0. The number of esters is 3. The Bertz CT molecular complexity index is 504. The Hall–Kier alpha value is -2.18. The van der Waals surface area contributed by atoms with E-state index in [1.54, 1.807) is 0 Å². The van der Waals surface area contributed by atoms with E-state index < -0.39 is 29.6 Å². The van der Waals surface area contributed by atoms with Gasteiger partial charge in [0.1, 0.15) is 5.92 Å². The molecule has 1 aliphatic carbocycles. The summed E-state index contributed by atoms with van der Waals surface area (Å²) in [4.78, 5) is 48.4. The first-order chi connectivity index (χ1) is 10.5. The molecule has 7 heteroatoms. The van der Waals surface area contributed by atoms with Crippen molar-refractivity contribution < 1.29 is 33.4 Å². The van der Waals surface area contributed by atoms with Crippen LogP contribution in [0.2, 0.25) is 0 Å². The molecule has 0 bridgehead atoms. The van der Waals surface area contributed by atoms with E-state index in [2.05, 4.69) is 14.2 Å². The summed E-state index contributed by atoms with van der Waals surface area (Å²) in [5.41, 5.74) is -0.270. The molecule has 0 fully saturated rings. The van der Waals surface area contributed by atoms with Gasteiger partial charge in [-0.05, 0) is 19.3 Å². The van der Waals surface area contributed by atoms with E-state index in [4.69, 9.17) is 0 Å².